The Hall–Kier alpha value is 0.270. The van der Waals surface area contributed by atoms with E-state index < -0.39 is 12.7 Å². The van der Waals surface area contributed by atoms with Gasteiger partial charge in [-0.3, -0.25) is 0 Å². The molecule has 0 aromatic carbocycles. The zero-order valence-corrected chi connectivity index (χ0v) is 4.15. The van der Waals surface area contributed by atoms with Gasteiger partial charge in [-0.1, -0.05) is 0 Å². The highest BCUT2D eigenvalue weighted by Crippen LogP contribution is 1.83. The van der Waals surface area contributed by atoms with Crippen molar-refractivity contribution in [1.29, 1.82) is 0 Å². The molecule has 1 unspecified atom stereocenters. The average molecular weight is 106 g/mol. The molecule has 2 radical (unpaired) electrons. The van der Waals surface area contributed by atoms with Gasteiger partial charge in [-0.15, -0.1) is 0 Å². The van der Waals surface area contributed by atoms with E-state index in [2.05, 4.69) is 12.6 Å². The SMILES string of the molecule is [O]CC([O])CS. The molecule has 0 bridgehead atoms. The van der Waals surface area contributed by atoms with Gasteiger partial charge in [0.05, 0.1) is 0 Å². The van der Waals surface area contributed by atoms with Crippen LogP contribution in [0.25, 0.3) is 0 Å². The number of rotatable bonds is 2. The highest BCUT2D eigenvalue weighted by molar-refractivity contribution is 7.80. The van der Waals surface area contributed by atoms with Crippen LogP contribution in [-0.2, 0) is 10.2 Å². The summed E-state index contributed by atoms with van der Waals surface area (Å²) in [6.45, 7) is -0.552. The molecule has 1 atom stereocenters. The molecule has 0 amide bonds. The fraction of sp³-hybridized carbons (Fsp3) is 1.00. The third-order valence-corrected chi connectivity index (χ3v) is 0.797. The third-order valence-electron chi connectivity index (χ3n) is 0.390. The lowest BCUT2D eigenvalue weighted by molar-refractivity contribution is 0.0230. The average Bonchev–Trinajstić information content (AvgIpc) is 1.65. The molecule has 2 nitrogen and oxygen atoms in total. The van der Waals surface area contributed by atoms with Gasteiger partial charge in [-0.25, -0.2) is 10.2 Å². The van der Waals surface area contributed by atoms with E-state index in [1.807, 2.05) is 0 Å². The quantitative estimate of drug-likeness (QED) is 0.487. The van der Waals surface area contributed by atoms with Crippen LogP contribution in [0.2, 0.25) is 0 Å². The molecule has 0 aromatic heterocycles. The Labute approximate surface area is 42.2 Å². The second kappa shape index (κ2) is 3.46. The highest BCUT2D eigenvalue weighted by atomic mass is 32.1. The van der Waals surface area contributed by atoms with E-state index in [1.165, 1.54) is 0 Å². The van der Waals surface area contributed by atoms with Gasteiger partial charge in [-0.05, 0) is 0 Å². The van der Waals surface area contributed by atoms with Crippen molar-refractivity contribution in [3.63, 3.8) is 0 Å². The van der Waals surface area contributed by atoms with Crippen LogP contribution in [0.3, 0.4) is 0 Å². The van der Waals surface area contributed by atoms with Crippen molar-refractivity contribution in [3.8, 4) is 0 Å². The first-order valence-electron chi connectivity index (χ1n) is 1.66. The molecule has 0 spiro atoms. The Morgan fingerprint density at radius 3 is 2.17 bits per heavy atom. The summed E-state index contributed by atoms with van der Waals surface area (Å²) in [5.41, 5.74) is 0. The zero-order valence-electron chi connectivity index (χ0n) is 3.26. The molecule has 0 heterocycles. The van der Waals surface area contributed by atoms with Gasteiger partial charge < -0.3 is 0 Å². The maximum atomic E-state index is 9.88. The van der Waals surface area contributed by atoms with Gasteiger partial charge in [0.2, 0.25) is 0 Å². The van der Waals surface area contributed by atoms with E-state index in [1.54, 1.807) is 0 Å². The molecule has 0 aliphatic rings. The molecule has 0 saturated heterocycles. The predicted octanol–water partition coefficient (Wildman–Crippen LogP) is 0.146. The Morgan fingerprint density at radius 2 is 2.17 bits per heavy atom. The molecule has 0 aliphatic heterocycles. The monoisotopic (exact) mass is 106 g/mol. The van der Waals surface area contributed by atoms with E-state index in [0.717, 1.165) is 0 Å². The zero-order chi connectivity index (χ0) is 4.99. The molecular weight excluding hydrogens is 100 g/mol. The van der Waals surface area contributed by atoms with Crippen molar-refractivity contribution < 1.29 is 10.2 Å². The van der Waals surface area contributed by atoms with Crippen LogP contribution >= 0.6 is 12.6 Å². The normalized spacial score (nSPS) is 14.5. The van der Waals surface area contributed by atoms with Gasteiger partial charge in [-0.2, -0.15) is 12.6 Å². The van der Waals surface area contributed by atoms with Gasteiger partial charge in [0.1, 0.15) is 12.7 Å². The van der Waals surface area contributed by atoms with Crippen LogP contribution < -0.4 is 0 Å². The van der Waals surface area contributed by atoms with E-state index in [4.69, 9.17) is 0 Å². The Morgan fingerprint density at radius 1 is 1.67 bits per heavy atom. The molecule has 6 heavy (non-hydrogen) atoms. The second-order valence-electron chi connectivity index (χ2n) is 0.971. The Bertz CT molecular complexity index is 28.0. The highest BCUT2D eigenvalue weighted by Gasteiger charge is 1.97. The first kappa shape index (κ1) is 6.27. The topological polar surface area (TPSA) is 39.8 Å². The van der Waals surface area contributed by atoms with Gasteiger partial charge in [0, 0.05) is 5.75 Å². The van der Waals surface area contributed by atoms with E-state index in [9.17, 15) is 10.2 Å². The molecule has 3 heteroatoms. The molecule has 0 aliphatic carbocycles. The minimum absolute atomic E-state index is 0.156. The fourth-order valence-electron chi connectivity index (χ4n) is 0.0527. The largest absolute Gasteiger partial charge is 0.234 e. The van der Waals surface area contributed by atoms with Crippen LogP contribution in [0, 0.1) is 0 Å². The van der Waals surface area contributed by atoms with Crippen molar-refractivity contribution in [2.45, 2.75) is 6.10 Å². The molecule has 0 aromatic rings. The molecular formula is C3H6O2S. The number of thiol groups is 1. The molecule has 0 rings (SSSR count). The Balaban J connectivity index is 2.75. The van der Waals surface area contributed by atoms with Crippen LogP contribution in [0.1, 0.15) is 0 Å². The molecule has 0 N–H and O–H groups in total. The van der Waals surface area contributed by atoms with Gasteiger partial charge in [0.15, 0.2) is 0 Å². The van der Waals surface area contributed by atoms with Crippen LogP contribution in [-0.4, -0.2) is 18.5 Å². The number of hydrogen-bond donors (Lipinski definition) is 1. The second-order valence-corrected chi connectivity index (χ2v) is 1.34. The summed E-state index contributed by atoms with van der Waals surface area (Å²) in [5, 5.41) is 19.4. The van der Waals surface area contributed by atoms with Gasteiger partial charge >= 0.3 is 0 Å². The summed E-state index contributed by atoms with van der Waals surface area (Å²) in [7, 11) is 0. The summed E-state index contributed by atoms with van der Waals surface area (Å²) in [4.78, 5) is 0. The lowest BCUT2D eigenvalue weighted by Crippen LogP contribution is -2.09. The summed E-state index contributed by atoms with van der Waals surface area (Å²) in [5.74, 6) is 0.156. The summed E-state index contributed by atoms with van der Waals surface area (Å²) >= 11 is 3.58. The van der Waals surface area contributed by atoms with Crippen molar-refractivity contribution in [2.24, 2.45) is 0 Å². The smallest absolute Gasteiger partial charge is 0.128 e. The third kappa shape index (κ3) is 2.50. The molecule has 36 valence electrons. The van der Waals surface area contributed by atoms with Crippen molar-refractivity contribution in [1.82, 2.24) is 0 Å². The summed E-state index contributed by atoms with van der Waals surface area (Å²) < 4.78 is 0. The predicted molar refractivity (Wildman–Crippen MR) is 23.9 cm³/mol. The van der Waals surface area contributed by atoms with Crippen LogP contribution in [0.5, 0.6) is 0 Å². The van der Waals surface area contributed by atoms with E-state index in [0.29, 0.717) is 0 Å². The maximum Gasteiger partial charge on any atom is 0.128 e. The fourth-order valence-corrected chi connectivity index (χ4v) is 0.158. The maximum absolute atomic E-state index is 9.88. The lowest BCUT2D eigenvalue weighted by Gasteiger charge is -1.91. The van der Waals surface area contributed by atoms with Crippen LogP contribution in [0.4, 0.5) is 0 Å². The first-order valence-corrected chi connectivity index (χ1v) is 2.29. The van der Waals surface area contributed by atoms with E-state index in [-0.39, 0.29) is 5.75 Å². The van der Waals surface area contributed by atoms with Crippen molar-refractivity contribution in [2.75, 3.05) is 12.4 Å². The van der Waals surface area contributed by atoms with Crippen molar-refractivity contribution in [3.05, 3.63) is 0 Å². The van der Waals surface area contributed by atoms with Crippen molar-refractivity contribution >= 4 is 12.6 Å². The number of hydrogen-bond acceptors (Lipinski definition) is 1. The molecule has 0 fully saturated rings. The van der Waals surface area contributed by atoms with E-state index >= 15 is 0 Å². The standard InChI is InChI=1S/C3H6O2S/c4-1-3(5)2-6/h3,6H,1-2H2. The lowest BCUT2D eigenvalue weighted by atomic mass is 10.4. The first-order chi connectivity index (χ1) is 2.81. The summed E-state index contributed by atoms with van der Waals surface area (Å²) in [6.07, 6.45) is -1.01. The Kier molecular flexibility index (Phi) is 3.62. The minimum Gasteiger partial charge on any atom is -0.234 e. The van der Waals surface area contributed by atoms with Gasteiger partial charge in [0.25, 0.3) is 0 Å². The van der Waals surface area contributed by atoms with Crippen LogP contribution in [0.15, 0.2) is 0 Å². The summed E-state index contributed by atoms with van der Waals surface area (Å²) in [6, 6.07) is 0. The molecule has 0 saturated carbocycles. The minimum atomic E-state index is -1.01.